The molecule has 0 aliphatic heterocycles. The summed E-state index contributed by atoms with van der Waals surface area (Å²) in [4.78, 5) is 36.8. The first kappa shape index (κ1) is 19.6. The summed E-state index contributed by atoms with van der Waals surface area (Å²) in [5.74, 6) is 1.87. The summed E-state index contributed by atoms with van der Waals surface area (Å²) in [6.07, 6.45) is 6.81. The average molecular weight is 385 g/mol. The first-order chi connectivity index (χ1) is 13.1. The highest BCUT2D eigenvalue weighted by Gasteiger charge is 2.69. The second-order valence-corrected chi connectivity index (χ2v) is 9.99. The highest BCUT2D eigenvalue weighted by molar-refractivity contribution is 5.92. The zero-order valence-electron chi connectivity index (χ0n) is 17.5. The summed E-state index contributed by atoms with van der Waals surface area (Å²) in [5, 5.41) is 0. The van der Waals surface area contributed by atoms with Crippen LogP contribution >= 0.6 is 0 Å². The number of rotatable bonds is 2. The van der Waals surface area contributed by atoms with Crippen molar-refractivity contribution in [1.82, 2.24) is 0 Å². The molecule has 152 valence electrons. The lowest BCUT2D eigenvalue weighted by Gasteiger charge is -2.56. The van der Waals surface area contributed by atoms with Gasteiger partial charge in [-0.3, -0.25) is 14.4 Å². The molecule has 0 aromatic rings. The van der Waals surface area contributed by atoms with Crippen LogP contribution < -0.4 is 0 Å². The van der Waals surface area contributed by atoms with Crippen molar-refractivity contribution in [3.05, 3.63) is 23.8 Å². The summed E-state index contributed by atoms with van der Waals surface area (Å²) >= 11 is 0. The number of ether oxygens (including phenoxy) is 1. The summed E-state index contributed by atoms with van der Waals surface area (Å²) in [6.45, 7) is 11.7. The van der Waals surface area contributed by atoms with Crippen LogP contribution in [0, 0.1) is 35.0 Å². The molecule has 0 radical (unpaired) electrons. The molecule has 4 nitrogen and oxygen atoms in total. The Morgan fingerprint density at radius 3 is 2.57 bits per heavy atom. The van der Waals surface area contributed by atoms with Gasteiger partial charge in [0.2, 0.25) is 0 Å². The number of hydrogen-bond acceptors (Lipinski definition) is 4. The van der Waals surface area contributed by atoms with E-state index in [2.05, 4.69) is 20.4 Å². The maximum absolute atomic E-state index is 12.9. The van der Waals surface area contributed by atoms with Crippen LogP contribution in [0.25, 0.3) is 0 Å². The molecule has 0 unspecified atom stereocenters. The van der Waals surface area contributed by atoms with Gasteiger partial charge in [-0.05, 0) is 80.3 Å². The summed E-state index contributed by atoms with van der Waals surface area (Å²) in [5.41, 5.74) is 0.943. The summed E-state index contributed by atoms with van der Waals surface area (Å²) in [7, 11) is 0. The van der Waals surface area contributed by atoms with Gasteiger partial charge in [-0.2, -0.15) is 0 Å². The van der Waals surface area contributed by atoms with Gasteiger partial charge < -0.3 is 4.74 Å². The van der Waals surface area contributed by atoms with Crippen molar-refractivity contribution < 1.29 is 19.1 Å². The number of esters is 1. The van der Waals surface area contributed by atoms with Crippen LogP contribution in [-0.4, -0.2) is 23.1 Å². The zero-order chi connectivity index (χ0) is 20.4. The molecule has 28 heavy (non-hydrogen) atoms. The third-order valence-electron chi connectivity index (χ3n) is 8.60. The minimum Gasteiger partial charge on any atom is -0.451 e. The van der Waals surface area contributed by atoms with Gasteiger partial charge in [-0.1, -0.05) is 26.0 Å². The van der Waals surface area contributed by atoms with Crippen LogP contribution in [-0.2, 0) is 19.1 Å². The molecule has 4 aliphatic carbocycles. The van der Waals surface area contributed by atoms with Gasteiger partial charge in [0, 0.05) is 18.8 Å². The number of ketones is 2. The van der Waals surface area contributed by atoms with E-state index in [-0.39, 0.29) is 23.0 Å². The quantitative estimate of drug-likeness (QED) is 0.661. The summed E-state index contributed by atoms with van der Waals surface area (Å²) < 4.78 is 5.86. The number of hydrogen-bond donors (Lipinski definition) is 0. The number of carbonyl (C=O) groups excluding carboxylic acids is 3. The van der Waals surface area contributed by atoms with Crippen molar-refractivity contribution in [1.29, 1.82) is 0 Å². The Kier molecular flexibility index (Phi) is 4.48. The molecular formula is C24H32O4. The average Bonchev–Trinajstić information content (AvgIpc) is 2.83. The van der Waals surface area contributed by atoms with Crippen molar-refractivity contribution >= 4 is 17.5 Å². The Morgan fingerprint density at radius 2 is 1.93 bits per heavy atom. The van der Waals surface area contributed by atoms with Gasteiger partial charge in [0.15, 0.2) is 17.2 Å². The molecular weight excluding hydrogens is 352 g/mol. The van der Waals surface area contributed by atoms with E-state index in [0.29, 0.717) is 42.4 Å². The van der Waals surface area contributed by atoms with E-state index >= 15 is 0 Å². The number of Topliss-reactive ketones (excluding diaryl/α,β-unsaturated/α-hetero) is 1. The molecule has 4 rings (SSSR count). The molecule has 3 saturated carbocycles. The van der Waals surface area contributed by atoms with Crippen molar-refractivity contribution in [3.63, 3.8) is 0 Å². The molecule has 0 saturated heterocycles. The Labute approximate surface area is 167 Å². The van der Waals surface area contributed by atoms with E-state index < -0.39 is 5.60 Å². The predicted molar refractivity (Wildman–Crippen MR) is 106 cm³/mol. The molecule has 0 aromatic carbocycles. The minimum atomic E-state index is -1.01. The van der Waals surface area contributed by atoms with E-state index in [4.69, 9.17) is 4.74 Å². The Balaban J connectivity index is 1.75. The fourth-order valence-electron chi connectivity index (χ4n) is 7.74. The number of fused-ring (bicyclic) bond motifs is 5. The third-order valence-corrected chi connectivity index (χ3v) is 8.60. The second-order valence-electron chi connectivity index (χ2n) is 9.99. The maximum Gasteiger partial charge on any atom is 0.303 e. The first-order valence-corrected chi connectivity index (χ1v) is 10.7. The lowest BCUT2D eigenvalue weighted by molar-refractivity contribution is -0.185. The van der Waals surface area contributed by atoms with Gasteiger partial charge in [0.1, 0.15) is 0 Å². The lowest BCUT2D eigenvalue weighted by Crippen LogP contribution is -2.57. The van der Waals surface area contributed by atoms with Crippen molar-refractivity contribution in [2.45, 2.75) is 71.8 Å². The highest BCUT2D eigenvalue weighted by Crippen LogP contribution is 2.68. The highest BCUT2D eigenvalue weighted by atomic mass is 16.6. The molecule has 0 N–H and O–H groups in total. The van der Waals surface area contributed by atoms with E-state index in [1.807, 2.05) is 6.08 Å². The third kappa shape index (κ3) is 2.52. The number of carbonyl (C=O) groups is 3. The second kappa shape index (κ2) is 6.40. The van der Waals surface area contributed by atoms with Gasteiger partial charge in [-0.15, -0.1) is 0 Å². The molecule has 3 fully saturated rings. The molecule has 0 aromatic heterocycles. The number of allylic oxidation sites excluding steroid dienone is 2. The van der Waals surface area contributed by atoms with Crippen LogP contribution in [0.4, 0.5) is 0 Å². The molecule has 0 bridgehead atoms. The monoisotopic (exact) mass is 384 g/mol. The van der Waals surface area contributed by atoms with Crippen LogP contribution in [0.2, 0.25) is 0 Å². The lowest BCUT2D eigenvalue weighted by atomic mass is 9.49. The fraction of sp³-hybridized carbons (Fsp3) is 0.708. The topological polar surface area (TPSA) is 60.4 Å². The Bertz CT molecular complexity index is 792. The minimum absolute atomic E-state index is 0.0171. The van der Waals surface area contributed by atoms with Gasteiger partial charge in [-0.25, -0.2) is 0 Å². The molecule has 0 amide bonds. The molecule has 0 heterocycles. The van der Waals surface area contributed by atoms with Gasteiger partial charge in [0.05, 0.1) is 0 Å². The van der Waals surface area contributed by atoms with E-state index in [0.717, 1.165) is 31.3 Å². The van der Waals surface area contributed by atoms with Crippen LogP contribution in [0.1, 0.15) is 66.2 Å². The van der Waals surface area contributed by atoms with Crippen LogP contribution in [0.15, 0.2) is 23.8 Å². The molecule has 4 heteroatoms. The molecule has 4 aliphatic rings. The fourth-order valence-corrected chi connectivity index (χ4v) is 7.74. The maximum atomic E-state index is 12.9. The standard InChI is InChI=1S/C24H32O4/c1-13-10-21-19(18-7-6-17(27)11-20(13)18)8-9-23(5)22(21)14(2)12-24(23,15(3)25)28-16(4)26/h11,14,18-19,21-22H,1,6-10,12H2,2-5H3/t14-,18-,19-,21-,22+,23+,24+/m1/s1. The van der Waals surface area contributed by atoms with Gasteiger partial charge >= 0.3 is 5.97 Å². The smallest absolute Gasteiger partial charge is 0.303 e. The van der Waals surface area contributed by atoms with Crippen LogP contribution in [0.3, 0.4) is 0 Å². The SMILES string of the molecule is C=C1C[C@@H]2[C@H](CC[C@@]3(C)[C@H]2[C@H](C)C[C@]3(OC(C)=O)C(C)=O)[C@H]2CCC(=O)C=C12. The zero-order valence-corrected chi connectivity index (χ0v) is 17.5. The van der Waals surface area contributed by atoms with Crippen molar-refractivity contribution in [2.75, 3.05) is 0 Å². The normalized spacial score (nSPS) is 44.9. The Morgan fingerprint density at radius 1 is 1.21 bits per heavy atom. The first-order valence-electron chi connectivity index (χ1n) is 10.7. The van der Waals surface area contributed by atoms with Crippen molar-refractivity contribution in [3.8, 4) is 0 Å². The van der Waals surface area contributed by atoms with E-state index in [1.165, 1.54) is 12.5 Å². The Hall–Kier alpha value is -1.71. The van der Waals surface area contributed by atoms with E-state index in [9.17, 15) is 14.4 Å². The van der Waals surface area contributed by atoms with E-state index in [1.54, 1.807) is 6.92 Å². The molecule has 0 spiro atoms. The molecule has 7 atom stereocenters. The van der Waals surface area contributed by atoms with Crippen molar-refractivity contribution in [2.24, 2.45) is 35.0 Å². The predicted octanol–water partition coefficient (Wildman–Crippen LogP) is 4.43. The van der Waals surface area contributed by atoms with Gasteiger partial charge in [0.25, 0.3) is 0 Å². The van der Waals surface area contributed by atoms with Crippen LogP contribution in [0.5, 0.6) is 0 Å². The summed E-state index contributed by atoms with van der Waals surface area (Å²) in [6, 6.07) is 0. The largest absolute Gasteiger partial charge is 0.451 e.